The summed E-state index contributed by atoms with van der Waals surface area (Å²) < 4.78 is 7.74. The summed E-state index contributed by atoms with van der Waals surface area (Å²) in [6.07, 6.45) is 18.4. The highest BCUT2D eigenvalue weighted by Gasteiger charge is 2.16. The van der Waals surface area contributed by atoms with Gasteiger partial charge in [0.2, 0.25) is 0 Å². The minimum atomic E-state index is -0.562. The van der Waals surface area contributed by atoms with Gasteiger partial charge in [-0.2, -0.15) is 0 Å². The molecule has 1 unspecified atom stereocenters. The molecule has 2 rings (SSSR count). The number of rotatable bonds is 18. The van der Waals surface area contributed by atoms with Crippen LogP contribution in [0.5, 0.6) is 5.75 Å². The van der Waals surface area contributed by atoms with Gasteiger partial charge in [-0.15, -0.1) is 0 Å². The van der Waals surface area contributed by atoms with E-state index in [0.29, 0.717) is 0 Å². The van der Waals surface area contributed by atoms with Crippen LogP contribution in [0.15, 0.2) is 36.4 Å². The summed E-state index contributed by atoms with van der Waals surface area (Å²) in [6, 6.07) is 12.2. The smallest absolute Gasteiger partial charge is 0.279 e. The summed E-state index contributed by atoms with van der Waals surface area (Å²) in [5.41, 5.74) is 6.20. The van der Waals surface area contributed by atoms with Gasteiger partial charge in [0.15, 0.2) is 6.10 Å². The molecule has 0 saturated carbocycles. The first-order chi connectivity index (χ1) is 16.5. The molecule has 4 heteroatoms. The Balaban J connectivity index is 1.57. The molecule has 0 saturated heterocycles. The molecular weight excluding hydrogens is 420 g/mol. The van der Waals surface area contributed by atoms with Gasteiger partial charge < -0.3 is 4.74 Å². The number of amides is 1. The number of aryl methyl sites for hydroxylation is 3. The van der Waals surface area contributed by atoms with Crippen molar-refractivity contribution in [3.05, 3.63) is 53.3 Å². The van der Waals surface area contributed by atoms with Gasteiger partial charge in [-0.1, -0.05) is 96.1 Å². The highest BCUT2D eigenvalue weighted by molar-refractivity contribution is 5.88. The van der Waals surface area contributed by atoms with Crippen LogP contribution in [0.3, 0.4) is 0 Å². The number of ether oxygens (including phenoxy) is 1. The van der Waals surface area contributed by atoms with Crippen LogP contribution in [-0.4, -0.2) is 16.7 Å². The van der Waals surface area contributed by atoms with Crippen molar-refractivity contribution < 1.29 is 9.53 Å². The molecule has 0 aliphatic rings. The van der Waals surface area contributed by atoms with Crippen LogP contribution in [0.25, 0.3) is 0 Å². The second-order valence-electron chi connectivity index (χ2n) is 9.83. The minimum Gasteiger partial charge on any atom is -0.481 e. The Morgan fingerprint density at radius 2 is 1.35 bits per heavy atom. The van der Waals surface area contributed by atoms with E-state index in [9.17, 15) is 4.79 Å². The molecule has 0 fully saturated rings. The quantitative estimate of drug-likeness (QED) is 0.224. The van der Waals surface area contributed by atoms with E-state index in [1.54, 1.807) is 11.6 Å². The molecule has 1 heterocycles. The monoisotopic (exact) mass is 468 g/mol. The lowest BCUT2D eigenvalue weighted by Gasteiger charge is -2.17. The first-order valence-corrected chi connectivity index (χ1v) is 13.7. The maximum Gasteiger partial charge on any atom is 0.279 e. The van der Waals surface area contributed by atoms with Crippen molar-refractivity contribution in [2.24, 2.45) is 0 Å². The first-order valence-electron chi connectivity index (χ1n) is 13.7. The van der Waals surface area contributed by atoms with Gasteiger partial charge in [-0.25, -0.2) is 0 Å². The highest BCUT2D eigenvalue weighted by atomic mass is 16.5. The lowest BCUT2D eigenvalue weighted by Crippen LogP contribution is -2.35. The molecule has 1 aromatic heterocycles. The average Bonchev–Trinajstić information content (AvgIpc) is 3.14. The molecule has 0 aliphatic carbocycles. The van der Waals surface area contributed by atoms with E-state index in [4.69, 9.17) is 4.74 Å². The van der Waals surface area contributed by atoms with Gasteiger partial charge in [0.1, 0.15) is 5.75 Å². The molecule has 1 atom stereocenters. The van der Waals surface area contributed by atoms with Crippen LogP contribution in [0, 0.1) is 13.8 Å². The predicted octanol–water partition coefficient (Wildman–Crippen LogP) is 8.28. The van der Waals surface area contributed by atoms with Gasteiger partial charge in [-0.3, -0.25) is 14.9 Å². The number of hydrogen-bond acceptors (Lipinski definition) is 2. The normalized spacial score (nSPS) is 12.0. The maximum absolute atomic E-state index is 12.6. The zero-order chi connectivity index (χ0) is 24.6. The summed E-state index contributed by atoms with van der Waals surface area (Å²) in [5.74, 6) is 0.611. The van der Waals surface area contributed by atoms with Crippen molar-refractivity contribution >= 4 is 5.91 Å². The molecular formula is C30H48N2O2. The average molecular weight is 469 g/mol. The number of carbonyl (C=O) groups is 1. The third-order valence-electron chi connectivity index (χ3n) is 6.64. The van der Waals surface area contributed by atoms with E-state index < -0.39 is 6.10 Å². The predicted molar refractivity (Wildman–Crippen MR) is 144 cm³/mol. The molecule has 4 nitrogen and oxygen atoms in total. The van der Waals surface area contributed by atoms with E-state index in [0.717, 1.165) is 23.6 Å². The van der Waals surface area contributed by atoms with Crippen molar-refractivity contribution in [3.63, 3.8) is 0 Å². The van der Waals surface area contributed by atoms with Crippen molar-refractivity contribution in [1.82, 2.24) is 4.68 Å². The summed E-state index contributed by atoms with van der Waals surface area (Å²) in [4.78, 5) is 12.6. The van der Waals surface area contributed by atoms with E-state index in [2.05, 4.69) is 24.5 Å². The maximum atomic E-state index is 12.6. The Hall–Kier alpha value is -2.23. The summed E-state index contributed by atoms with van der Waals surface area (Å²) >= 11 is 0. The molecule has 1 N–H and O–H groups in total. The second kappa shape index (κ2) is 16.4. The van der Waals surface area contributed by atoms with Crippen LogP contribution in [0.2, 0.25) is 0 Å². The summed E-state index contributed by atoms with van der Waals surface area (Å²) in [7, 11) is 0. The molecule has 1 amide bonds. The standard InChI is InChI=1S/C30H48N2O2/c1-5-6-7-8-9-10-11-12-13-14-15-16-17-19-28-20-18-21-29(24-28)34-27(4)30(33)31-32-25(2)22-23-26(32)3/h18,20-24,27H,5-17,19H2,1-4H3,(H,31,33). The fourth-order valence-corrected chi connectivity index (χ4v) is 4.42. The number of unbranched alkanes of at least 4 members (excludes halogenated alkanes) is 12. The fourth-order valence-electron chi connectivity index (χ4n) is 4.42. The molecule has 2 aromatic rings. The van der Waals surface area contributed by atoms with Gasteiger partial charge >= 0.3 is 0 Å². The number of benzene rings is 1. The van der Waals surface area contributed by atoms with Gasteiger partial charge in [-0.05, 0) is 63.4 Å². The largest absolute Gasteiger partial charge is 0.481 e. The Morgan fingerprint density at radius 1 is 0.824 bits per heavy atom. The zero-order valence-corrected chi connectivity index (χ0v) is 22.2. The lowest BCUT2D eigenvalue weighted by molar-refractivity contribution is -0.123. The van der Waals surface area contributed by atoms with Crippen LogP contribution in [0.1, 0.15) is 114 Å². The Morgan fingerprint density at radius 3 is 1.91 bits per heavy atom. The summed E-state index contributed by atoms with van der Waals surface area (Å²) in [5, 5.41) is 0. The molecule has 1 aromatic carbocycles. The second-order valence-corrected chi connectivity index (χ2v) is 9.83. The van der Waals surface area contributed by atoms with E-state index in [1.165, 1.54) is 89.0 Å². The molecule has 0 radical (unpaired) electrons. The third-order valence-corrected chi connectivity index (χ3v) is 6.64. The van der Waals surface area contributed by atoms with Crippen molar-refractivity contribution in [1.29, 1.82) is 0 Å². The molecule has 0 bridgehead atoms. The molecule has 0 aliphatic heterocycles. The van der Waals surface area contributed by atoms with E-state index in [1.807, 2.05) is 38.1 Å². The van der Waals surface area contributed by atoms with Crippen LogP contribution in [-0.2, 0) is 11.2 Å². The number of nitrogens with one attached hydrogen (secondary N) is 1. The van der Waals surface area contributed by atoms with Crippen molar-refractivity contribution in [2.75, 3.05) is 5.43 Å². The molecule has 34 heavy (non-hydrogen) atoms. The number of nitrogens with zero attached hydrogens (tertiary/aromatic N) is 1. The number of carbonyl (C=O) groups excluding carboxylic acids is 1. The van der Waals surface area contributed by atoms with Crippen LogP contribution < -0.4 is 10.2 Å². The van der Waals surface area contributed by atoms with Gasteiger partial charge in [0, 0.05) is 11.4 Å². The third kappa shape index (κ3) is 10.8. The fraction of sp³-hybridized carbons (Fsp3) is 0.633. The van der Waals surface area contributed by atoms with Crippen LogP contribution in [0.4, 0.5) is 0 Å². The van der Waals surface area contributed by atoms with Gasteiger partial charge in [0.05, 0.1) is 0 Å². The van der Waals surface area contributed by atoms with Crippen molar-refractivity contribution in [2.45, 2.75) is 124 Å². The summed E-state index contributed by atoms with van der Waals surface area (Å²) in [6.45, 7) is 8.02. The Labute approximate surface area is 208 Å². The number of hydrogen-bond donors (Lipinski definition) is 1. The highest BCUT2D eigenvalue weighted by Crippen LogP contribution is 2.18. The van der Waals surface area contributed by atoms with E-state index >= 15 is 0 Å². The van der Waals surface area contributed by atoms with Crippen LogP contribution >= 0.6 is 0 Å². The lowest BCUT2D eigenvalue weighted by atomic mass is 10.0. The van der Waals surface area contributed by atoms with Gasteiger partial charge in [0.25, 0.3) is 5.91 Å². The Bertz CT molecular complexity index is 807. The van der Waals surface area contributed by atoms with Crippen molar-refractivity contribution in [3.8, 4) is 5.75 Å². The first kappa shape index (κ1) is 28.0. The SMILES string of the molecule is CCCCCCCCCCCCCCCc1cccc(OC(C)C(=O)Nn2c(C)ccc2C)c1. The number of aromatic nitrogens is 1. The molecule has 0 spiro atoms. The zero-order valence-electron chi connectivity index (χ0n) is 22.2. The topological polar surface area (TPSA) is 43.3 Å². The Kier molecular flexibility index (Phi) is 13.5. The van der Waals surface area contributed by atoms with E-state index in [-0.39, 0.29) is 5.91 Å². The minimum absolute atomic E-state index is 0.149. The molecule has 190 valence electrons.